The van der Waals surface area contributed by atoms with Gasteiger partial charge in [0.1, 0.15) is 0 Å². The standard InChI is InChI=1S/C23H22N2O4S/c1-29-22(27)7-4-14-24-21(26)13-12-16-8-10-17(11-9-16)15-20-23(28)25-18-5-2-3-6-19(18)30-20/h2-3,5-6,8-13,15H,4,7,14H2,1H3,(H,24,26)(H,25,28)/b13-12+,20-15-. The van der Waals surface area contributed by atoms with Crippen LogP contribution in [0.2, 0.25) is 0 Å². The minimum atomic E-state index is -0.289. The first-order valence-electron chi connectivity index (χ1n) is 9.48. The minimum Gasteiger partial charge on any atom is -0.469 e. The summed E-state index contributed by atoms with van der Waals surface area (Å²) in [5.41, 5.74) is 2.60. The number of amides is 2. The predicted octanol–water partition coefficient (Wildman–Crippen LogP) is 3.85. The third-order valence-electron chi connectivity index (χ3n) is 4.32. The van der Waals surface area contributed by atoms with E-state index >= 15 is 0 Å². The van der Waals surface area contributed by atoms with Gasteiger partial charge in [0.15, 0.2) is 0 Å². The van der Waals surface area contributed by atoms with E-state index in [0.29, 0.717) is 17.9 Å². The molecule has 0 spiro atoms. The molecule has 0 bridgehead atoms. The number of nitrogens with one attached hydrogen (secondary N) is 2. The second kappa shape index (κ2) is 10.5. The van der Waals surface area contributed by atoms with Gasteiger partial charge in [0.05, 0.1) is 17.7 Å². The van der Waals surface area contributed by atoms with Gasteiger partial charge in [-0.3, -0.25) is 14.4 Å². The fourth-order valence-electron chi connectivity index (χ4n) is 2.73. The second-order valence-corrected chi connectivity index (χ2v) is 7.62. The molecule has 0 radical (unpaired) electrons. The Morgan fingerprint density at radius 1 is 1.10 bits per heavy atom. The van der Waals surface area contributed by atoms with E-state index < -0.39 is 0 Å². The van der Waals surface area contributed by atoms with Crippen LogP contribution in [0, 0.1) is 0 Å². The SMILES string of the molecule is COC(=O)CCCNC(=O)/C=C/c1ccc(/C=C2\Sc3ccccc3NC2=O)cc1. The molecular weight excluding hydrogens is 400 g/mol. The lowest BCUT2D eigenvalue weighted by Crippen LogP contribution is -2.22. The number of carbonyl (C=O) groups is 3. The highest BCUT2D eigenvalue weighted by atomic mass is 32.2. The molecule has 1 aliphatic heterocycles. The number of rotatable bonds is 7. The van der Waals surface area contributed by atoms with Gasteiger partial charge in [-0.15, -0.1) is 0 Å². The molecule has 154 valence electrons. The van der Waals surface area contributed by atoms with Crippen molar-refractivity contribution in [1.82, 2.24) is 5.32 Å². The zero-order valence-corrected chi connectivity index (χ0v) is 17.3. The zero-order chi connectivity index (χ0) is 21.3. The molecule has 2 N–H and O–H groups in total. The van der Waals surface area contributed by atoms with Crippen LogP contribution in [0.5, 0.6) is 0 Å². The molecule has 6 nitrogen and oxygen atoms in total. The number of fused-ring (bicyclic) bond motifs is 1. The number of hydrogen-bond donors (Lipinski definition) is 2. The quantitative estimate of drug-likeness (QED) is 0.402. The first-order valence-corrected chi connectivity index (χ1v) is 10.3. The van der Waals surface area contributed by atoms with Gasteiger partial charge in [0, 0.05) is 23.9 Å². The number of ether oxygens (including phenoxy) is 1. The lowest BCUT2D eigenvalue weighted by molar-refractivity contribution is -0.140. The molecule has 1 aliphatic rings. The Hall–Kier alpha value is -3.32. The summed E-state index contributed by atoms with van der Waals surface area (Å²) in [7, 11) is 1.34. The summed E-state index contributed by atoms with van der Waals surface area (Å²) in [6, 6.07) is 15.2. The van der Waals surface area contributed by atoms with E-state index in [4.69, 9.17) is 0 Å². The van der Waals surface area contributed by atoms with Crippen LogP contribution in [0.15, 0.2) is 64.4 Å². The summed E-state index contributed by atoms with van der Waals surface area (Å²) in [6.07, 6.45) is 5.82. The fraction of sp³-hybridized carbons (Fsp3) is 0.174. The largest absolute Gasteiger partial charge is 0.469 e. The van der Waals surface area contributed by atoms with Gasteiger partial charge >= 0.3 is 5.97 Å². The van der Waals surface area contributed by atoms with Gasteiger partial charge < -0.3 is 15.4 Å². The zero-order valence-electron chi connectivity index (χ0n) is 16.5. The van der Waals surface area contributed by atoms with Crippen LogP contribution in [-0.4, -0.2) is 31.4 Å². The van der Waals surface area contributed by atoms with Gasteiger partial charge in [-0.2, -0.15) is 0 Å². The van der Waals surface area contributed by atoms with Gasteiger partial charge in [-0.05, 0) is 41.8 Å². The van der Waals surface area contributed by atoms with Crippen LogP contribution in [-0.2, 0) is 19.1 Å². The molecule has 2 aromatic rings. The molecule has 2 aromatic carbocycles. The summed E-state index contributed by atoms with van der Waals surface area (Å²) in [5, 5.41) is 5.62. The maximum atomic E-state index is 12.3. The molecule has 7 heteroatoms. The summed E-state index contributed by atoms with van der Waals surface area (Å²) in [6.45, 7) is 0.410. The summed E-state index contributed by atoms with van der Waals surface area (Å²) in [4.78, 5) is 36.8. The molecule has 0 unspecified atom stereocenters. The average molecular weight is 423 g/mol. The first kappa shape index (κ1) is 21.4. The van der Waals surface area contributed by atoms with Gasteiger partial charge in [0.2, 0.25) is 5.91 Å². The molecule has 1 heterocycles. The van der Waals surface area contributed by atoms with E-state index in [0.717, 1.165) is 21.7 Å². The van der Waals surface area contributed by atoms with Crippen LogP contribution >= 0.6 is 11.8 Å². The fourth-order valence-corrected chi connectivity index (χ4v) is 3.69. The maximum absolute atomic E-state index is 12.3. The average Bonchev–Trinajstić information content (AvgIpc) is 2.76. The number of esters is 1. The molecule has 0 saturated carbocycles. The number of methoxy groups -OCH3 is 1. The van der Waals surface area contributed by atoms with E-state index in [-0.39, 0.29) is 24.2 Å². The summed E-state index contributed by atoms with van der Waals surface area (Å²) >= 11 is 1.44. The molecule has 0 fully saturated rings. The number of hydrogen-bond acceptors (Lipinski definition) is 5. The molecule has 0 aromatic heterocycles. The van der Waals surface area contributed by atoms with Crippen LogP contribution in [0.4, 0.5) is 5.69 Å². The smallest absolute Gasteiger partial charge is 0.305 e. The van der Waals surface area contributed by atoms with Crippen LogP contribution in [0.25, 0.3) is 12.2 Å². The van der Waals surface area contributed by atoms with E-state index in [1.807, 2.05) is 54.6 Å². The molecule has 0 saturated heterocycles. The Morgan fingerprint density at radius 3 is 2.60 bits per heavy atom. The Morgan fingerprint density at radius 2 is 1.83 bits per heavy atom. The molecule has 30 heavy (non-hydrogen) atoms. The monoisotopic (exact) mass is 422 g/mol. The molecule has 2 amide bonds. The van der Waals surface area contributed by atoms with Crippen LogP contribution < -0.4 is 10.6 Å². The highest BCUT2D eigenvalue weighted by molar-refractivity contribution is 8.04. The minimum absolute atomic E-state index is 0.119. The Kier molecular flexibility index (Phi) is 7.45. The summed E-state index contributed by atoms with van der Waals surface area (Å²) < 4.78 is 4.55. The first-order chi connectivity index (χ1) is 14.5. The third-order valence-corrected chi connectivity index (χ3v) is 5.42. The maximum Gasteiger partial charge on any atom is 0.305 e. The Bertz CT molecular complexity index is 997. The molecule has 3 rings (SSSR count). The molecular formula is C23H22N2O4S. The Labute approximate surface area is 179 Å². The number of benzene rings is 2. The van der Waals surface area contributed by atoms with Crippen molar-refractivity contribution in [2.24, 2.45) is 0 Å². The number of para-hydroxylation sites is 1. The van der Waals surface area contributed by atoms with E-state index in [2.05, 4.69) is 15.4 Å². The van der Waals surface area contributed by atoms with E-state index in [1.165, 1.54) is 24.9 Å². The topological polar surface area (TPSA) is 84.5 Å². The van der Waals surface area contributed by atoms with Crippen molar-refractivity contribution in [3.8, 4) is 0 Å². The third kappa shape index (κ3) is 6.09. The van der Waals surface area contributed by atoms with Crippen molar-refractivity contribution in [3.05, 3.63) is 70.6 Å². The normalized spacial score (nSPS) is 14.3. The number of thioether (sulfide) groups is 1. The van der Waals surface area contributed by atoms with E-state index in [1.54, 1.807) is 6.08 Å². The highest BCUT2D eigenvalue weighted by Gasteiger charge is 2.20. The van der Waals surface area contributed by atoms with Crippen molar-refractivity contribution < 1.29 is 19.1 Å². The van der Waals surface area contributed by atoms with Gasteiger partial charge in [-0.25, -0.2) is 0 Å². The number of carbonyl (C=O) groups excluding carboxylic acids is 3. The van der Waals surface area contributed by atoms with Crippen molar-refractivity contribution in [2.75, 3.05) is 19.0 Å². The highest BCUT2D eigenvalue weighted by Crippen LogP contribution is 2.38. The molecule has 0 aliphatic carbocycles. The number of anilines is 1. The second-order valence-electron chi connectivity index (χ2n) is 6.53. The van der Waals surface area contributed by atoms with Gasteiger partial charge in [-0.1, -0.05) is 48.2 Å². The predicted molar refractivity (Wildman–Crippen MR) is 119 cm³/mol. The van der Waals surface area contributed by atoms with Gasteiger partial charge in [0.25, 0.3) is 5.91 Å². The van der Waals surface area contributed by atoms with Crippen molar-refractivity contribution in [3.63, 3.8) is 0 Å². The van der Waals surface area contributed by atoms with Crippen molar-refractivity contribution in [1.29, 1.82) is 0 Å². The molecule has 0 atom stereocenters. The van der Waals surface area contributed by atoms with E-state index in [9.17, 15) is 14.4 Å². The van der Waals surface area contributed by atoms with Crippen molar-refractivity contribution >= 4 is 47.4 Å². The Balaban J connectivity index is 1.54. The van der Waals surface area contributed by atoms with Crippen LogP contribution in [0.1, 0.15) is 24.0 Å². The van der Waals surface area contributed by atoms with Crippen molar-refractivity contribution in [2.45, 2.75) is 17.7 Å². The lowest BCUT2D eigenvalue weighted by atomic mass is 10.1. The lowest BCUT2D eigenvalue weighted by Gasteiger charge is -2.18. The van der Waals surface area contributed by atoms with Crippen LogP contribution in [0.3, 0.4) is 0 Å². The summed E-state index contributed by atoms with van der Waals surface area (Å²) in [5.74, 6) is -0.630.